The van der Waals surface area contributed by atoms with Crippen LogP contribution in [0.25, 0.3) is 0 Å². The van der Waals surface area contributed by atoms with Crippen molar-refractivity contribution in [2.24, 2.45) is 0 Å². The normalized spacial score (nSPS) is 11.8. The van der Waals surface area contributed by atoms with Crippen molar-refractivity contribution in [2.45, 2.75) is 19.4 Å². The predicted molar refractivity (Wildman–Crippen MR) is 55.9 cm³/mol. The fraction of sp³-hybridized carbons (Fsp3) is 0.250. The molecule has 0 N–H and O–H groups in total. The van der Waals surface area contributed by atoms with Gasteiger partial charge in [-0.3, -0.25) is 4.79 Å². The van der Waals surface area contributed by atoms with Crippen molar-refractivity contribution >= 4 is 5.97 Å². The number of carbonyl (C=O) groups is 1. The Kier molecular flexibility index (Phi) is 3.92. The highest BCUT2D eigenvalue weighted by Crippen LogP contribution is 2.06. The molecule has 0 bridgehead atoms. The molecule has 0 spiro atoms. The molecular weight excluding hydrogens is 176 g/mol. The molecule has 0 radical (unpaired) electrons. The highest BCUT2D eigenvalue weighted by atomic mass is 16.5. The van der Waals surface area contributed by atoms with E-state index in [0.717, 1.165) is 5.56 Å². The lowest BCUT2D eigenvalue weighted by Gasteiger charge is -2.12. The first-order chi connectivity index (χ1) is 6.72. The fourth-order valence-corrected chi connectivity index (χ4v) is 1.23. The quantitative estimate of drug-likeness (QED) is 0.538. The molecule has 1 rings (SSSR count). The van der Waals surface area contributed by atoms with Gasteiger partial charge in [0.1, 0.15) is 6.10 Å². The summed E-state index contributed by atoms with van der Waals surface area (Å²) in [6, 6.07) is 9.88. The second-order valence-corrected chi connectivity index (χ2v) is 3.07. The molecule has 0 heterocycles. The molecule has 0 aromatic heterocycles. The second-order valence-electron chi connectivity index (χ2n) is 3.07. The summed E-state index contributed by atoms with van der Waals surface area (Å²) in [5.41, 5.74) is 1.14. The van der Waals surface area contributed by atoms with Crippen LogP contribution in [0.3, 0.4) is 0 Å². The van der Waals surface area contributed by atoms with Gasteiger partial charge in [-0.25, -0.2) is 0 Å². The largest absolute Gasteiger partial charge is 0.458 e. The molecule has 1 aromatic carbocycles. The molecular formula is C12H14O2. The minimum Gasteiger partial charge on any atom is -0.458 e. The molecule has 0 aliphatic rings. The number of esters is 1. The Morgan fingerprint density at radius 2 is 2.14 bits per heavy atom. The highest BCUT2D eigenvalue weighted by Gasteiger charge is 2.07. The van der Waals surface area contributed by atoms with E-state index in [1.54, 1.807) is 6.08 Å². The highest BCUT2D eigenvalue weighted by molar-refractivity contribution is 5.66. The SMILES string of the molecule is C=C[C@@H](Cc1ccccc1)OC(C)=O. The van der Waals surface area contributed by atoms with Gasteiger partial charge in [0, 0.05) is 13.3 Å². The van der Waals surface area contributed by atoms with Gasteiger partial charge < -0.3 is 4.74 Å². The van der Waals surface area contributed by atoms with Crippen LogP contribution in [0.15, 0.2) is 43.0 Å². The third-order valence-corrected chi connectivity index (χ3v) is 1.86. The Hall–Kier alpha value is -1.57. The van der Waals surface area contributed by atoms with Crippen LogP contribution in [0.5, 0.6) is 0 Å². The van der Waals surface area contributed by atoms with Crippen molar-refractivity contribution in [3.8, 4) is 0 Å². The Bertz CT molecular complexity index is 303. The van der Waals surface area contributed by atoms with Crippen molar-refractivity contribution in [2.75, 3.05) is 0 Å². The third-order valence-electron chi connectivity index (χ3n) is 1.86. The van der Waals surface area contributed by atoms with E-state index in [1.807, 2.05) is 30.3 Å². The Morgan fingerprint density at radius 1 is 1.50 bits per heavy atom. The van der Waals surface area contributed by atoms with Gasteiger partial charge in [-0.05, 0) is 5.56 Å². The number of rotatable bonds is 4. The molecule has 74 valence electrons. The molecule has 2 nitrogen and oxygen atoms in total. The smallest absolute Gasteiger partial charge is 0.303 e. The maximum Gasteiger partial charge on any atom is 0.303 e. The van der Waals surface area contributed by atoms with E-state index in [2.05, 4.69) is 6.58 Å². The summed E-state index contributed by atoms with van der Waals surface area (Å²) in [5, 5.41) is 0. The van der Waals surface area contributed by atoms with Gasteiger partial charge in [0.05, 0.1) is 0 Å². The van der Waals surface area contributed by atoms with Crippen molar-refractivity contribution in [3.05, 3.63) is 48.6 Å². The average molecular weight is 190 g/mol. The summed E-state index contributed by atoms with van der Waals surface area (Å²) in [7, 11) is 0. The second kappa shape index (κ2) is 5.22. The first kappa shape index (κ1) is 10.5. The minimum atomic E-state index is -0.272. The molecule has 2 heteroatoms. The molecule has 0 aliphatic heterocycles. The van der Waals surface area contributed by atoms with Crippen LogP contribution in [0.4, 0.5) is 0 Å². The summed E-state index contributed by atoms with van der Waals surface area (Å²) in [6.45, 7) is 5.04. The van der Waals surface area contributed by atoms with Gasteiger partial charge in [-0.2, -0.15) is 0 Å². The molecule has 0 fully saturated rings. The van der Waals surface area contributed by atoms with E-state index >= 15 is 0 Å². The van der Waals surface area contributed by atoms with Crippen LogP contribution < -0.4 is 0 Å². The van der Waals surface area contributed by atoms with Crippen LogP contribution in [-0.4, -0.2) is 12.1 Å². The topological polar surface area (TPSA) is 26.3 Å². The first-order valence-electron chi connectivity index (χ1n) is 4.56. The summed E-state index contributed by atoms with van der Waals surface area (Å²) >= 11 is 0. The average Bonchev–Trinajstić information content (AvgIpc) is 2.17. The molecule has 0 saturated carbocycles. The molecule has 1 atom stereocenters. The van der Waals surface area contributed by atoms with Crippen LogP contribution in [0, 0.1) is 0 Å². The maximum absolute atomic E-state index is 10.7. The Balaban J connectivity index is 2.57. The fourth-order valence-electron chi connectivity index (χ4n) is 1.23. The standard InChI is InChI=1S/C12H14O2/c1-3-12(14-10(2)13)9-11-7-5-4-6-8-11/h3-8,12H,1,9H2,2H3/t12-/m0/s1. The molecule has 14 heavy (non-hydrogen) atoms. The third kappa shape index (κ3) is 3.44. The lowest BCUT2D eigenvalue weighted by Crippen LogP contribution is -2.16. The summed E-state index contributed by atoms with van der Waals surface area (Å²) in [4.78, 5) is 10.7. The van der Waals surface area contributed by atoms with E-state index in [0.29, 0.717) is 6.42 Å². The van der Waals surface area contributed by atoms with Crippen LogP contribution in [-0.2, 0) is 16.0 Å². The van der Waals surface area contributed by atoms with Crippen molar-refractivity contribution in [1.82, 2.24) is 0 Å². The Labute approximate surface area is 84.2 Å². The van der Waals surface area contributed by atoms with Gasteiger partial charge in [-0.15, -0.1) is 0 Å². The van der Waals surface area contributed by atoms with Gasteiger partial charge >= 0.3 is 5.97 Å². The zero-order valence-corrected chi connectivity index (χ0v) is 8.27. The minimum absolute atomic E-state index is 0.227. The van der Waals surface area contributed by atoms with Crippen molar-refractivity contribution in [3.63, 3.8) is 0 Å². The number of benzene rings is 1. The molecule has 0 aliphatic carbocycles. The van der Waals surface area contributed by atoms with E-state index in [1.165, 1.54) is 6.92 Å². The molecule has 0 amide bonds. The summed E-state index contributed by atoms with van der Waals surface area (Å²) in [5.74, 6) is -0.272. The number of ether oxygens (including phenoxy) is 1. The zero-order valence-electron chi connectivity index (χ0n) is 8.27. The van der Waals surface area contributed by atoms with Gasteiger partial charge in [0.2, 0.25) is 0 Å². The molecule has 1 aromatic rings. The zero-order chi connectivity index (χ0) is 10.4. The van der Waals surface area contributed by atoms with E-state index in [-0.39, 0.29) is 12.1 Å². The number of hydrogen-bond donors (Lipinski definition) is 0. The van der Waals surface area contributed by atoms with Gasteiger partial charge in [-0.1, -0.05) is 43.0 Å². The van der Waals surface area contributed by atoms with E-state index in [4.69, 9.17) is 4.74 Å². The van der Waals surface area contributed by atoms with Gasteiger partial charge in [0.15, 0.2) is 0 Å². The van der Waals surface area contributed by atoms with E-state index in [9.17, 15) is 4.79 Å². The van der Waals surface area contributed by atoms with Gasteiger partial charge in [0.25, 0.3) is 0 Å². The molecule has 0 unspecified atom stereocenters. The number of carbonyl (C=O) groups excluding carboxylic acids is 1. The van der Waals surface area contributed by atoms with Crippen molar-refractivity contribution < 1.29 is 9.53 Å². The monoisotopic (exact) mass is 190 g/mol. The predicted octanol–water partition coefficient (Wildman–Crippen LogP) is 2.35. The number of hydrogen-bond acceptors (Lipinski definition) is 2. The first-order valence-corrected chi connectivity index (χ1v) is 4.56. The maximum atomic E-state index is 10.7. The molecule has 0 saturated heterocycles. The lowest BCUT2D eigenvalue weighted by molar-refractivity contribution is -0.144. The Morgan fingerprint density at radius 3 is 2.64 bits per heavy atom. The van der Waals surface area contributed by atoms with Crippen LogP contribution in [0.1, 0.15) is 12.5 Å². The summed E-state index contributed by atoms with van der Waals surface area (Å²) in [6.07, 6.45) is 2.10. The van der Waals surface area contributed by atoms with Crippen LogP contribution >= 0.6 is 0 Å². The summed E-state index contributed by atoms with van der Waals surface area (Å²) < 4.78 is 5.05. The van der Waals surface area contributed by atoms with Crippen LogP contribution in [0.2, 0.25) is 0 Å². The van der Waals surface area contributed by atoms with Crippen molar-refractivity contribution in [1.29, 1.82) is 0 Å². The lowest BCUT2D eigenvalue weighted by atomic mass is 10.1. The van der Waals surface area contributed by atoms with E-state index < -0.39 is 0 Å².